The number of methoxy groups -OCH3 is 1. The van der Waals surface area contributed by atoms with Crippen LogP contribution in [0.3, 0.4) is 0 Å². The molecule has 0 aromatic heterocycles. The van der Waals surface area contributed by atoms with E-state index in [1.54, 1.807) is 0 Å². The number of carbonyl (C=O) groups excluding carboxylic acids is 1. The van der Waals surface area contributed by atoms with E-state index in [0.717, 1.165) is 19.3 Å². The molecule has 11 heavy (non-hydrogen) atoms. The van der Waals surface area contributed by atoms with Gasteiger partial charge in [-0.15, -0.1) is 0 Å². The largest absolute Gasteiger partial charge is 0.469 e. The summed E-state index contributed by atoms with van der Waals surface area (Å²) in [5, 5.41) is 0. The van der Waals surface area contributed by atoms with Crippen molar-refractivity contribution in [2.45, 2.75) is 32.2 Å². The molecule has 0 spiro atoms. The van der Waals surface area contributed by atoms with Gasteiger partial charge in [0.15, 0.2) is 0 Å². The standard InChI is InChI=1S/C8H15NO2/c1-8(7(10)11-2)4-3-6(9)5-8/h6H,3-5,9H2,1-2H3/t6-,8+/m1/s1. The Kier molecular flexibility index (Phi) is 2.18. The maximum absolute atomic E-state index is 11.2. The lowest BCUT2D eigenvalue weighted by Crippen LogP contribution is -2.28. The molecular formula is C8H15NO2. The Hall–Kier alpha value is -0.570. The number of esters is 1. The average molecular weight is 157 g/mol. The Balaban J connectivity index is 2.61. The summed E-state index contributed by atoms with van der Waals surface area (Å²) in [6.07, 6.45) is 2.56. The van der Waals surface area contributed by atoms with E-state index in [1.165, 1.54) is 7.11 Å². The highest BCUT2D eigenvalue weighted by Crippen LogP contribution is 2.37. The smallest absolute Gasteiger partial charge is 0.311 e. The summed E-state index contributed by atoms with van der Waals surface area (Å²) in [6.45, 7) is 1.92. The SMILES string of the molecule is COC(=O)[C@@]1(C)CC[C@@H](N)C1. The Morgan fingerprint density at radius 2 is 2.36 bits per heavy atom. The first kappa shape index (κ1) is 8.53. The van der Waals surface area contributed by atoms with Crippen LogP contribution in [0.5, 0.6) is 0 Å². The molecule has 0 radical (unpaired) electrons. The average Bonchev–Trinajstić information content (AvgIpc) is 2.31. The Morgan fingerprint density at radius 1 is 1.73 bits per heavy atom. The van der Waals surface area contributed by atoms with Gasteiger partial charge in [-0.25, -0.2) is 0 Å². The lowest BCUT2D eigenvalue weighted by atomic mass is 9.89. The molecule has 0 aromatic carbocycles. The summed E-state index contributed by atoms with van der Waals surface area (Å²) in [7, 11) is 1.43. The summed E-state index contributed by atoms with van der Waals surface area (Å²) in [5.41, 5.74) is 5.38. The van der Waals surface area contributed by atoms with Gasteiger partial charge in [-0.3, -0.25) is 4.79 Å². The van der Waals surface area contributed by atoms with Crippen molar-refractivity contribution in [2.24, 2.45) is 11.1 Å². The highest BCUT2D eigenvalue weighted by atomic mass is 16.5. The summed E-state index contributed by atoms with van der Waals surface area (Å²) in [5.74, 6) is -0.120. The Bertz CT molecular complexity index is 169. The number of hydrogen-bond acceptors (Lipinski definition) is 3. The van der Waals surface area contributed by atoms with Gasteiger partial charge < -0.3 is 10.5 Å². The number of rotatable bonds is 1. The minimum absolute atomic E-state index is 0.120. The first-order valence-corrected chi connectivity index (χ1v) is 3.92. The van der Waals surface area contributed by atoms with E-state index in [-0.39, 0.29) is 17.4 Å². The van der Waals surface area contributed by atoms with Crippen molar-refractivity contribution in [2.75, 3.05) is 7.11 Å². The van der Waals surface area contributed by atoms with Crippen LogP contribution < -0.4 is 5.73 Å². The quantitative estimate of drug-likeness (QED) is 0.569. The molecule has 0 bridgehead atoms. The van der Waals surface area contributed by atoms with Gasteiger partial charge >= 0.3 is 5.97 Å². The van der Waals surface area contributed by atoms with E-state index >= 15 is 0 Å². The molecule has 0 aromatic rings. The highest BCUT2D eigenvalue weighted by Gasteiger charge is 2.40. The van der Waals surface area contributed by atoms with Gasteiger partial charge in [-0.05, 0) is 26.2 Å². The highest BCUT2D eigenvalue weighted by molar-refractivity contribution is 5.76. The third-order valence-electron chi connectivity index (χ3n) is 2.46. The molecule has 1 saturated carbocycles. The van der Waals surface area contributed by atoms with E-state index in [0.29, 0.717) is 0 Å². The maximum atomic E-state index is 11.2. The van der Waals surface area contributed by atoms with Gasteiger partial charge in [0.05, 0.1) is 12.5 Å². The van der Waals surface area contributed by atoms with Gasteiger partial charge in [0, 0.05) is 6.04 Å². The lowest BCUT2D eigenvalue weighted by molar-refractivity contribution is -0.151. The fourth-order valence-electron chi connectivity index (χ4n) is 1.72. The summed E-state index contributed by atoms with van der Waals surface area (Å²) in [4.78, 5) is 11.2. The van der Waals surface area contributed by atoms with Crippen LogP contribution in [0.15, 0.2) is 0 Å². The van der Waals surface area contributed by atoms with E-state index in [4.69, 9.17) is 10.5 Å². The van der Waals surface area contributed by atoms with Crippen molar-refractivity contribution in [3.8, 4) is 0 Å². The maximum Gasteiger partial charge on any atom is 0.311 e. The molecule has 3 nitrogen and oxygen atoms in total. The normalized spacial score (nSPS) is 37.2. The van der Waals surface area contributed by atoms with Crippen LogP contribution in [-0.4, -0.2) is 19.1 Å². The minimum atomic E-state index is -0.311. The number of ether oxygens (including phenoxy) is 1. The van der Waals surface area contributed by atoms with Crippen molar-refractivity contribution in [3.63, 3.8) is 0 Å². The number of carbonyl (C=O) groups is 1. The molecule has 64 valence electrons. The predicted octanol–water partition coefficient (Wildman–Crippen LogP) is 0.677. The van der Waals surface area contributed by atoms with Crippen molar-refractivity contribution in [1.82, 2.24) is 0 Å². The number of hydrogen-bond donors (Lipinski definition) is 1. The summed E-state index contributed by atoms with van der Waals surface area (Å²) >= 11 is 0. The molecule has 0 unspecified atom stereocenters. The van der Waals surface area contributed by atoms with Crippen LogP contribution in [0.2, 0.25) is 0 Å². The molecule has 1 aliphatic rings. The molecule has 1 aliphatic carbocycles. The lowest BCUT2D eigenvalue weighted by Gasteiger charge is -2.19. The van der Waals surface area contributed by atoms with E-state index < -0.39 is 0 Å². The number of nitrogens with two attached hydrogens (primary N) is 1. The van der Waals surface area contributed by atoms with Crippen molar-refractivity contribution >= 4 is 5.97 Å². The monoisotopic (exact) mass is 157 g/mol. The second-order valence-electron chi connectivity index (χ2n) is 3.56. The van der Waals surface area contributed by atoms with Crippen LogP contribution in [0.1, 0.15) is 26.2 Å². The third kappa shape index (κ3) is 1.53. The van der Waals surface area contributed by atoms with Gasteiger partial charge in [0.1, 0.15) is 0 Å². The van der Waals surface area contributed by atoms with Crippen LogP contribution in [0.25, 0.3) is 0 Å². The topological polar surface area (TPSA) is 52.3 Å². The van der Waals surface area contributed by atoms with Crippen molar-refractivity contribution in [1.29, 1.82) is 0 Å². The van der Waals surface area contributed by atoms with Crippen molar-refractivity contribution < 1.29 is 9.53 Å². The van der Waals surface area contributed by atoms with Crippen LogP contribution in [0, 0.1) is 5.41 Å². The molecule has 1 fully saturated rings. The molecule has 1 rings (SSSR count). The Morgan fingerprint density at radius 3 is 2.73 bits per heavy atom. The van der Waals surface area contributed by atoms with Gasteiger partial charge in [0.2, 0.25) is 0 Å². The zero-order valence-electron chi connectivity index (χ0n) is 7.09. The zero-order chi connectivity index (χ0) is 8.48. The first-order valence-electron chi connectivity index (χ1n) is 3.92. The second-order valence-corrected chi connectivity index (χ2v) is 3.56. The van der Waals surface area contributed by atoms with Gasteiger partial charge in [-0.2, -0.15) is 0 Å². The predicted molar refractivity (Wildman–Crippen MR) is 41.9 cm³/mol. The van der Waals surface area contributed by atoms with Gasteiger partial charge in [0.25, 0.3) is 0 Å². The summed E-state index contributed by atoms with van der Waals surface area (Å²) < 4.78 is 4.69. The summed E-state index contributed by atoms with van der Waals surface area (Å²) in [6, 6.07) is 0.180. The van der Waals surface area contributed by atoms with E-state index in [1.807, 2.05) is 6.92 Å². The first-order chi connectivity index (χ1) is 5.08. The van der Waals surface area contributed by atoms with Crippen LogP contribution in [-0.2, 0) is 9.53 Å². The molecule has 0 amide bonds. The second kappa shape index (κ2) is 2.81. The fourth-order valence-corrected chi connectivity index (χ4v) is 1.72. The fraction of sp³-hybridized carbons (Fsp3) is 0.875. The molecule has 0 aliphatic heterocycles. The third-order valence-corrected chi connectivity index (χ3v) is 2.46. The van der Waals surface area contributed by atoms with Crippen LogP contribution in [0.4, 0.5) is 0 Å². The molecule has 3 heteroatoms. The van der Waals surface area contributed by atoms with Crippen molar-refractivity contribution in [3.05, 3.63) is 0 Å². The van der Waals surface area contributed by atoms with E-state index in [2.05, 4.69) is 0 Å². The molecule has 2 N–H and O–H groups in total. The van der Waals surface area contributed by atoms with E-state index in [9.17, 15) is 4.79 Å². The minimum Gasteiger partial charge on any atom is -0.469 e. The van der Waals surface area contributed by atoms with Crippen LogP contribution >= 0.6 is 0 Å². The molecule has 2 atom stereocenters. The molecule has 0 heterocycles. The molecular weight excluding hydrogens is 142 g/mol. The van der Waals surface area contributed by atoms with Gasteiger partial charge in [-0.1, -0.05) is 0 Å². The zero-order valence-corrected chi connectivity index (χ0v) is 7.09. The molecule has 0 saturated heterocycles. The Labute approximate surface area is 66.9 Å².